The molecule has 6 nitrogen and oxygen atoms in total. The Morgan fingerprint density at radius 2 is 2.00 bits per heavy atom. The van der Waals surface area contributed by atoms with Gasteiger partial charge in [-0.25, -0.2) is 0 Å². The Kier molecular flexibility index (Phi) is 6.60. The van der Waals surface area contributed by atoms with Crippen molar-refractivity contribution in [2.24, 2.45) is 0 Å². The van der Waals surface area contributed by atoms with Gasteiger partial charge in [0, 0.05) is 0 Å². The maximum atomic E-state index is 12.1. The van der Waals surface area contributed by atoms with Crippen molar-refractivity contribution in [1.29, 1.82) is 0 Å². The Morgan fingerprint density at radius 3 is 2.70 bits per heavy atom. The van der Waals surface area contributed by atoms with Gasteiger partial charge in [0.2, 0.25) is 5.91 Å². The minimum absolute atomic E-state index is 0.0547. The zero-order valence-electron chi connectivity index (χ0n) is 15.1. The molecule has 0 spiro atoms. The summed E-state index contributed by atoms with van der Waals surface area (Å²) in [6.07, 6.45) is -0.953. The van der Waals surface area contributed by atoms with Crippen LogP contribution in [0.3, 0.4) is 0 Å². The topological polar surface area (TPSA) is 79.2 Å². The van der Waals surface area contributed by atoms with Crippen molar-refractivity contribution in [3.05, 3.63) is 59.7 Å². The molecule has 1 unspecified atom stereocenters. The van der Waals surface area contributed by atoms with Crippen LogP contribution < -0.4 is 9.47 Å². The van der Waals surface area contributed by atoms with Crippen LogP contribution in [0.5, 0.6) is 11.5 Å². The fourth-order valence-electron chi connectivity index (χ4n) is 2.90. The summed E-state index contributed by atoms with van der Waals surface area (Å²) in [6, 6.07) is 15.5. The smallest absolute Gasteiger partial charge is 0.233 e. The zero-order valence-corrected chi connectivity index (χ0v) is 15.9. The molecular weight excluding hydrogens is 366 g/mol. The van der Waals surface area contributed by atoms with E-state index in [2.05, 4.69) is 0 Å². The van der Waals surface area contributed by atoms with E-state index in [1.165, 1.54) is 11.8 Å². The minimum Gasteiger partial charge on any atom is -0.493 e. The van der Waals surface area contributed by atoms with Gasteiger partial charge in [0.05, 0.1) is 32.1 Å². The SMILES string of the molecule is COc1cc(C2SCC(=O)N2C[C@H](O)CO)ccc1OCc1ccccc1. The van der Waals surface area contributed by atoms with Gasteiger partial charge in [0.1, 0.15) is 12.0 Å². The number of rotatable bonds is 8. The summed E-state index contributed by atoms with van der Waals surface area (Å²) in [5.74, 6) is 1.51. The lowest BCUT2D eigenvalue weighted by Gasteiger charge is -2.26. The molecule has 144 valence electrons. The molecule has 0 bridgehead atoms. The minimum atomic E-state index is -0.953. The summed E-state index contributed by atoms with van der Waals surface area (Å²) in [5, 5.41) is 18.6. The van der Waals surface area contributed by atoms with Crippen molar-refractivity contribution in [3.63, 3.8) is 0 Å². The largest absolute Gasteiger partial charge is 0.493 e. The first kappa shape index (κ1) is 19.5. The number of amides is 1. The number of aliphatic hydroxyl groups is 2. The molecule has 1 fully saturated rings. The van der Waals surface area contributed by atoms with E-state index in [4.69, 9.17) is 14.6 Å². The average molecular weight is 389 g/mol. The van der Waals surface area contributed by atoms with Gasteiger partial charge >= 0.3 is 0 Å². The highest BCUT2D eigenvalue weighted by atomic mass is 32.2. The third kappa shape index (κ3) is 4.74. The number of methoxy groups -OCH3 is 1. The zero-order chi connectivity index (χ0) is 19.2. The van der Waals surface area contributed by atoms with Crippen molar-refractivity contribution in [2.45, 2.75) is 18.1 Å². The number of ether oxygens (including phenoxy) is 2. The number of hydrogen-bond acceptors (Lipinski definition) is 6. The molecule has 2 atom stereocenters. The molecule has 0 aliphatic carbocycles. The van der Waals surface area contributed by atoms with E-state index < -0.39 is 6.10 Å². The average Bonchev–Trinajstić information content (AvgIpc) is 3.07. The molecule has 0 radical (unpaired) electrons. The summed E-state index contributed by atoms with van der Waals surface area (Å²) in [7, 11) is 1.58. The summed E-state index contributed by atoms with van der Waals surface area (Å²) in [5.41, 5.74) is 1.95. The molecule has 0 aromatic heterocycles. The van der Waals surface area contributed by atoms with E-state index in [1.54, 1.807) is 12.0 Å². The molecule has 0 saturated carbocycles. The number of β-amino-alcohol motifs (C(OH)–C–C–N with tert-alkyl or cyclic N) is 1. The number of hydrogen-bond donors (Lipinski definition) is 2. The molecular formula is C20H23NO5S. The molecule has 1 aliphatic rings. The van der Waals surface area contributed by atoms with Gasteiger partial charge in [-0.2, -0.15) is 0 Å². The molecule has 1 aliphatic heterocycles. The summed E-state index contributed by atoms with van der Waals surface area (Å²) >= 11 is 1.49. The Labute approximate surface area is 162 Å². The van der Waals surface area contributed by atoms with Gasteiger partial charge in [0.25, 0.3) is 0 Å². The van der Waals surface area contributed by atoms with Crippen molar-refractivity contribution in [3.8, 4) is 11.5 Å². The van der Waals surface area contributed by atoms with Crippen molar-refractivity contribution < 1.29 is 24.5 Å². The lowest BCUT2D eigenvalue weighted by Crippen LogP contribution is -2.37. The number of benzene rings is 2. The molecule has 1 saturated heterocycles. The van der Waals surface area contributed by atoms with Crippen LogP contribution in [-0.2, 0) is 11.4 Å². The quantitative estimate of drug-likeness (QED) is 0.721. The van der Waals surface area contributed by atoms with Crippen molar-refractivity contribution >= 4 is 17.7 Å². The van der Waals surface area contributed by atoms with Crippen LogP contribution in [0.15, 0.2) is 48.5 Å². The van der Waals surface area contributed by atoms with Gasteiger partial charge in [-0.1, -0.05) is 36.4 Å². The van der Waals surface area contributed by atoms with Gasteiger partial charge in [0.15, 0.2) is 11.5 Å². The molecule has 2 aromatic rings. The standard InChI is InChI=1S/C20H23NO5S/c1-25-18-9-15(20-21(10-16(23)11-22)19(24)13-27-20)7-8-17(18)26-12-14-5-3-2-4-6-14/h2-9,16,20,22-23H,10-13H2,1H3/t16-,20?/m0/s1. The predicted molar refractivity (Wildman–Crippen MR) is 104 cm³/mol. The monoisotopic (exact) mass is 389 g/mol. The van der Waals surface area contributed by atoms with E-state index in [-0.39, 0.29) is 24.4 Å². The van der Waals surface area contributed by atoms with Gasteiger partial charge < -0.3 is 24.6 Å². The lowest BCUT2D eigenvalue weighted by atomic mass is 10.1. The highest BCUT2D eigenvalue weighted by Crippen LogP contribution is 2.41. The van der Waals surface area contributed by atoms with Gasteiger partial charge in [-0.05, 0) is 23.3 Å². The Balaban J connectivity index is 1.75. The highest BCUT2D eigenvalue weighted by molar-refractivity contribution is 8.00. The van der Waals surface area contributed by atoms with Crippen LogP contribution in [0.25, 0.3) is 0 Å². The number of carbonyl (C=O) groups excluding carboxylic acids is 1. The maximum absolute atomic E-state index is 12.1. The van der Waals surface area contributed by atoms with E-state index >= 15 is 0 Å². The molecule has 7 heteroatoms. The first-order chi connectivity index (χ1) is 13.1. The second kappa shape index (κ2) is 9.12. The molecule has 2 aromatic carbocycles. The van der Waals surface area contributed by atoms with Crippen LogP contribution in [0.4, 0.5) is 0 Å². The van der Waals surface area contributed by atoms with Crippen LogP contribution >= 0.6 is 11.8 Å². The molecule has 2 N–H and O–H groups in total. The fourth-order valence-corrected chi connectivity index (χ4v) is 4.09. The fraction of sp³-hybridized carbons (Fsp3) is 0.350. The van der Waals surface area contributed by atoms with E-state index in [0.29, 0.717) is 23.9 Å². The predicted octanol–water partition coefficient (Wildman–Crippen LogP) is 2.20. The number of carbonyl (C=O) groups is 1. The summed E-state index contributed by atoms with van der Waals surface area (Å²) in [6.45, 7) is 0.153. The third-order valence-corrected chi connectivity index (χ3v) is 5.55. The van der Waals surface area contributed by atoms with E-state index in [9.17, 15) is 9.90 Å². The highest BCUT2D eigenvalue weighted by Gasteiger charge is 2.34. The normalized spacial score (nSPS) is 17.8. The van der Waals surface area contributed by atoms with Crippen LogP contribution in [0.2, 0.25) is 0 Å². The molecule has 3 rings (SSSR count). The maximum Gasteiger partial charge on any atom is 0.233 e. The van der Waals surface area contributed by atoms with Gasteiger partial charge in [-0.3, -0.25) is 4.79 Å². The Morgan fingerprint density at radius 1 is 1.22 bits per heavy atom. The van der Waals surface area contributed by atoms with Crippen LogP contribution in [0.1, 0.15) is 16.5 Å². The molecule has 1 amide bonds. The first-order valence-corrected chi connectivity index (χ1v) is 9.72. The van der Waals surface area contributed by atoms with Crippen LogP contribution in [-0.4, -0.2) is 53.1 Å². The molecule has 1 heterocycles. The number of aliphatic hydroxyl groups excluding tert-OH is 2. The van der Waals surface area contributed by atoms with Gasteiger partial charge in [-0.15, -0.1) is 11.8 Å². The third-order valence-electron chi connectivity index (χ3n) is 4.30. The first-order valence-electron chi connectivity index (χ1n) is 8.67. The number of nitrogens with zero attached hydrogens (tertiary/aromatic N) is 1. The lowest BCUT2D eigenvalue weighted by molar-refractivity contribution is -0.129. The second-order valence-electron chi connectivity index (χ2n) is 6.23. The van der Waals surface area contributed by atoms with E-state index in [0.717, 1.165) is 11.1 Å². The van der Waals surface area contributed by atoms with Crippen LogP contribution in [0, 0.1) is 0 Å². The van der Waals surface area contributed by atoms with Crippen molar-refractivity contribution in [1.82, 2.24) is 4.90 Å². The summed E-state index contributed by atoms with van der Waals surface area (Å²) < 4.78 is 11.3. The summed E-state index contributed by atoms with van der Waals surface area (Å²) in [4.78, 5) is 13.7. The number of thioether (sulfide) groups is 1. The Bertz CT molecular complexity index is 770. The second-order valence-corrected chi connectivity index (χ2v) is 7.30. The molecule has 27 heavy (non-hydrogen) atoms. The van der Waals surface area contributed by atoms with E-state index in [1.807, 2.05) is 48.5 Å². The van der Waals surface area contributed by atoms with Crippen molar-refractivity contribution in [2.75, 3.05) is 26.0 Å². The Hall–Kier alpha value is -2.22.